The van der Waals surface area contributed by atoms with Crippen LogP contribution in [0.1, 0.15) is 12.0 Å². The van der Waals surface area contributed by atoms with Gasteiger partial charge < -0.3 is 11.5 Å². The molecular formula is C7H14N4. The van der Waals surface area contributed by atoms with Crippen LogP contribution in [0.2, 0.25) is 0 Å². The fraction of sp³-hybridized carbons (Fsp3) is 0.571. The van der Waals surface area contributed by atoms with Crippen LogP contribution in [-0.4, -0.2) is 16.3 Å². The van der Waals surface area contributed by atoms with Gasteiger partial charge in [0.1, 0.15) is 5.82 Å². The average molecular weight is 154 g/mol. The third-order valence-electron chi connectivity index (χ3n) is 1.71. The number of nitrogens with zero attached hydrogens (tertiary/aromatic N) is 2. The first-order valence-electron chi connectivity index (χ1n) is 3.72. The summed E-state index contributed by atoms with van der Waals surface area (Å²) in [4.78, 5) is 0. The van der Waals surface area contributed by atoms with Crippen LogP contribution in [0.3, 0.4) is 0 Å². The summed E-state index contributed by atoms with van der Waals surface area (Å²) in [6, 6.07) is 0. The average Bonchev–Trinajstić information content (AvgIpc) is 2.31. The van der Waals surface area contributed by atoms with Crippen molar-refractivity contribution >= 4 is 5.82 Å². The summed E-state index contributed by atoms with van der Waals surface area (Å²) in [6.07, 6.45) is 3.69. The molecule has 0 spiro atoms. The normalized spacial score (nSPS) is 10.4. The van der Waals surface area contributed by atoms with E-state index in [0.29, 0.717) is 6.54 Å². The van der Waals surface area contributed by atoms with Crippen molar-refractivity contribution in [1.29, 1.82) is 0 Å². The van der Waals surface area contributed by atoms with Crippen LogP contribution < -0.4 is 11.5 Å². The lowest BCUT2D eigenvalue weighted by Crippen LogP contribution is -2.03. The Morgan fingerprint density at radius 1 is 1.64 bits per heavy atom. The lowest BCUT2D eigenvalue weighted by molar-refractivity contribution is 0.777. The first kappa shape index (κ1) is 8.07. The van der Waals surface area contributed by atoms with E-state index >= 15 is 0 Å². The molecule has 0 saturated carbocycles. The summed E-state index contributed by atoms with van der Waals surface area (Å²) in [7, 11) is 1.83. The van der Waals surface area contributed by atoms with Crippen molar-refractivity contribution in [3.63, 3.8) is 0 Å². The lowest BCUT2D eigenvalue weighted by atomic mass is 10.2. The van der Waals surface area contributed by atoms with E-state index in [1.54, 1.807) is 10.9 Å². The molecule has 0 aliphatic rings. The number of aromatic nitrogens is 2. The molecule has 0 aliphatic heterocycles. The molecule has 11 heavy (non-hydrogen) atoms. The summed E-state index contributed by atoms with van der Waals surface area (Å²) >= 11 is 0. The Kier molecular flexibility index (Phi) is 2.48. The molecule has 62 valence electrons. The SMILES string of the molecule is Cn1ncc(CCCN)c1N. The summed E-state index contributed by atoms with van der Waals surface area (Å²) in [6.45, 7) is 0.703. The Morgan fingerprint density at radius 3 is 2.82 bits per heavy atom. The summed E-state index contributed by atoms with van der Waals surface area (Å²) in [5, 5.41) is 4.02. The minimum atomic E-state index is 0.703. The topological polar surface area (TPSA) is 69.9 Å². The van der Waals surface area contributed by atoms with Crippen molar-refractivity contribution in [3.8, 4) is 0 Å². The minimum Gasteiger partial charge on any atom is -0.384 e. The van der Waals surface area contributed by atoms with Crippen molar-refractivity contribution in [3.05, 3.63) is 11.8 Å². The Bertz CT molecular complexity index is 228. The van der Waals surface area contributed by atoms with Crippen LogP contribution in [-0.2, 0) is 13.5 Å². The summed E-state index contributed by atoms with van der Waals surface area (Å²) < 4.78 is 1.67. The molecule has 0 bridgehead atoms. The number of nitrogen functional groups attached to an aromatic ring is 1. The maximum atomic E-state index is 5.70. The van der Waals surface area contributed by atoms with Crippen molar-refractivity contribution in [2.75, 3.05) is 12.3 Å². The van der Waals surface area contributed by atoms with Gasteiger partial charge in [-0.3, -0.25) is 4.68 Å². The van der Waals surface area contributed by atoms with E-state index in [-0.39, 0.29) is 0 Å². The van der Waals surface area contributed by atoms with Crippen molar-refractivity contribution in [2.24, 2.45) is 12.8 Å². The molecule has 0 fully saturated rings. The number of rotatable bonds is 3. The molecule has 0 atom stereocenters. The number of anilines is 1. The van der Waals surface area contributed by atoms with Gasteiger partial charge in [-0.15, -0.1) is 0 Å². The van der Waals surface area contributed by atoms with Crippen molar-refractivity contribution in [2.45, 2.75) is 12.8 Å². The van der Waals surface area contributed by atoms with Crippen molar-refractivity contribution in [1.82, 2.24) is 9.78 Å². The van der Waals surface area contributed by atoms with Gasteiger partial charge in [0.15, 0.2) is 0 Å². The monoisotopic (exact) mass is 154 g/mol. The van der Waals surface area contributed by atoms with Gasteiger partial charge in [-0.2, -0.15) is 5.10 Å². The number of hydrogen-bond acceptors (Lipinski definition) is 3. The molecule has 4 nitrogen and oxygen atoms in total. The molecule has 0 saturated heterocycles. The number of aryl methyl sites for hydroxylation is 2. The second-order valence-corrected chi connectivity index (χ2v) is 2.57. The second kappa shape index (κ2) is 3.39. The molecule has 1 heterocycles. The zero-order valence-electron chi connectivity index (χ0n) is 6.75. The van der Waals surface area contributed by atoms with Gasteiger partial charge in [-0.25, -0.2) is 0 Å². The molecule has 0 aliphatic carbocycles. The smallest absolute Gasteiger partial charge is 0.124 e. The Balaban J connectivity index is 2.63. The fourth-order valence-electron chi connectivity index (χ4n) is 0.978. The first-order chi connectivity index (χ1) is 5.25. The van der Waals surface area contributed by atoms with Gasteiger partial charge in [0.05, 0.1) is 6.20 Å². The van der Waals surface area contributed by atoms with Gasteiger partial charge in [0.2, 0.25) is 0 Å². The summed E-state index contributed by atoms with van der Waals surface area (Å²) in [5.41, 5.74) is 12.2. The highest BCUT2D eigenvalue weighted by atomic mass is 15.3. The maximum absolute atomic E-state index is 5.70. The summed E-state index contributed by atoms with van der Waals surface area (Å²) in [5.74, 6) is 0.749. The molecular weight excluding hydrogens is 140 g/mol. The quantitative estimate of drug-likeness (QED) is 0.638. The predicted octanol–water partition coefficient (Wildman–Crippen LogP) is -0.106. The van der Waals surface area contributed by atoms with E-state index in [4.69, 9.17) is 11.5 Å². The van der Waals surface area contributed by atoms with Crippen molar-refractivity contribution < 1.29 is 0 Å². The van der Waals surface area contributed by atoms with E-state index in [0.717, 1.165) is 24.2 Å². The molecule has 0 radical (unpaired) electrons. The second-order valence-electron chi connectivity index (χ2n) is 2.57. The Morgan fingerprint density at radius 2 is 2.36 bits per heavy atom. The zero-order valence-corrected chi connectivity index (χ0v) is 6.75. The van der Waals surface area contributed by atoms with Crippen LogP contribution in [0.25, 0.3) is 0 Å². The van der Waals surface area contributed by atoms with E-state index in [1.165, 1.54) is 0 Å². The minimum absolute atomic E-state index is 0.703. The molecule has 4 N–H and O–H groups in total. The molecule has 0 unspecified atom stereocenters. The zero-order chi connectivity index (χ0) is 8.27. The molecule has 0 aromatic carbocycles. The fourth-order valence-corrected chi connectivity index (χ4v) is 0.978. The highest BCUT2D eigenvalue weighted by Crippen LogP contribution is 2.10. The van der Waals surface area contributed by atoms with Gasteiger partial charge in [-0.05, 0) is 19.4 Å². The number of hydrogen-bond donors (Lipinski definition) is 2. The Hall–Kier alpha value is -1.03. The number of nitrogens with two attached hydrogens (primary N) is 2. The van der Waals surface area contributed by atoms with Crippen LogP contribution in [0.5, 0.6) is 0 Å². The third kappa shape index (κ3) is 1.71. The maximum Gasteiger partial charge on any atom is 0.124 e. The molecule has 4 heteroatoms. The van der Waals surface area contributed by atoms with E-state index in [2.05, 4.69) is 5.10 Å². The van der Waals surface area contributed by atoms with Crippen LogP contribution in [0.15, 0.2) is 6.20 Å². The van der Waals surface area contributed by atoms with Crippen LogP contribution >= 0.6 is 0 Å². The molecule has 1 rings (SSSR count). The highest BCUT2D eigenvalue weighted by Gasteiger charge is 2.02. The van der Waals surface area contributed by atoms with Crippen LogP contribution in [0, 0.1) is 0 Å². The first-order valence-corrected chi connectivity index (χ1v) is 3.72. The van der Waals surface area contributed by atoms with Gasteiger partial charge in [0.25, 0.3) is 0 Å². The van der Waals surface area contributed by atoms with Gasteiger partial charge in [0, 0.05) is 12.6 Å². The Labute approximate surface area is 66.2 Å². The standard InChI is InChI=1S/C7H14N4/c1-11-7(9)6(5-10-11)3-2-4-8/h5H,2-4,8-9H2,1H3. The molecule has 0 amide bonds. The largest absolute Gasteiger partial charge is 0.384 e. The highest BCUT2D eigenvalue weighted by molar-refractivity contribution is 5.38. The van der Waals surface area contributed by atoms with E-state index in [1.807, 2.05) is 7.05 Å². The van der Waals surface area contributed by atoms with E-state index < -0.39 is 0 Å². The lowest BCUT2D eigenvalue weighted by Gasteiger charge is -1.97. The predicted molar refractivity (Wildman–Crippen MR) is 45.0 cm³/mol. The van der Waals surface area contributed by atoms with E-state index in [9.17, 15) is 0 Å². The molecule has 1 aromatic rings. The third-order valence-corrected chi connectivity index (χ3v) is 1.71. The van der Waals surface area contributed by atoms with Crippen LogP contribution in [0.4, 0.5) is 5.82 Å². The molecule has 1 aromatic heterocycles. The van der Waals surface area contributed by atoms with Gasteiger partial charge in [-0.1, -0.05) is 0 Å². The van der Waals surface area contributed by atoms with Gasteiger partial charge >= 0.3 is 0 Å².